The van der Waals surface area contributed by atoms with Gasteiger partial charge in [0.1, 0.15) is 0 Å². The second kappa shape index (κ2) is 4.08. The van der Waals surface area contributed by atoms with Gasteiger partial charge in [-0.15, -0.1) is 0 Å². The summed E-state index contributed by atoms with van der Waals surface area (Å²) in [6, 6.07) is 3.06. The molecule has 3 heteroatoms. The van der Waals surface area contributed by atoms with Gasteiger partial charge in [0.25, 0.3) is 0 Å². The van der Waals surface area contributed by atoms with Crippen molar-refractivity contribution in [3.05, 3.63) is 0 Å². The highest BCUT2D eigenvalue weighted by molar-refractivity contribution is 4.98. The van der Waals surface area contributed by atoms with Crippen molar-refractivity contribution in [1.29, 1.82) is 5.26 Å². The molecule has 0 N–H and O–H groups in total. The minimum Gasteiger partial charge on any atom is -0.380 e. The Bertz CT molecular complexity index is 205. The molecule has 0 radical (unpaired) electrons. The van der Waals surface area contributed by atoms with Gasteiger partial charge in [0, 0.05) is 12.6 Å². The van der Waals surface area contributed by atoms with E-state index in [-0.39, 0.29) is 6.04 Å². The molecule has 2 aliphatic rings. The maximum Gasteiger partial charge on any atom is 0.0981 e. The number of hydrogen-bond acceptors (Lipinski definition) is 3. The molecule has 0 aromatic heterocycles. The highest BCUT2D eigenvalue weighted by Gasteiger charge is 2.31. The van der Waals surface area contributed by atoms with Crippen molar-refractivity contribution >= 4 is 0 Å². The number of nitriles is 1. The van der Waals surface area contributed by atoms with Gasteiger partial charge in [-0.2, -0.15) is 5.26 Å². The summed E-state index contributed by atoms with van der Waals surface area (Å²) in [7, 11) is 0. The predicted octanol–water partition coefficient (Wildman–Crippen LogP) is 1.15. The third-order valence-electron chi connectivity index (χ3n) is 3.05. The SMILES string of the molecule is N#CC1CCCN1C1CCCOC1. The second-order valence-corrected chi connectivity index (χ2v) is 3.90. The Kier molecular flexibility index (Phi) is 2.82. The molecule has 0 aliphatic carbocycles. The first-order valence-corrected chi connectivity index (χ1v) is 5.15. The van der Waals surface area contributed by atoms with Crippen molar-refractivity contribution in [2.45, 2.75) is 37.8 Å². The van der Waals surface area contributed by atoms with Gasteiger partial charge >= 0.3 is 0 Å². The number of ether oxygens (including phenoxy) is 1. The smallest absolute Gasteiger partial charge is 0.0981 e. The molecule has 2 rings (SSSR count). The summed E-state index contributed by atoms with van der Waals surface area (Å²) in [6.07, 6.45) is 4.58. The molecule has 72 valence electrons. The molecule has 2 heterocycles. The van der Waals surface area contributed by atoms with Crippen molar-refractivity contribution in [2.24, 2.45) is 0 Å². The quantitative estimate of drug-likeness (QED) is 0.607. The maximum atomic E-state index is 8.93. The Hall–Kier alpha value is -0.590. The van der Waals surface area contributed by atoms with E-state index in [1.165, 1.54) is 12.8 Å². The van der Waals surface area contributed by atoms with Gasteiger partial charge in [-0.3, -0.25) is 4.90 Å². The fraction of sp³-hybridized carbons (Fsp3) is 0.900. The third-order valence-corrected chi connectivity index (χ3v) is 3.05. The summed E-state index contributed by atoms with van der Waals surface area (Å²) >= 11 is 0. The van der Waals surface area contributed by atoms with Crippen molar-refractivity contribution in [3.63, 3.8) is 0 Å². The molecule has 0 aromatic carbocycles. The van der Waals surface area contributed by atoms with Crippen molar-refractivity contribution < 1.29 is 4.74 Å². The molecule has 2 fully saturated rings. The van der Waals surface area contributed by atoms with Gasteiger partial charge < -0.3 is 4.74 Å². The molecule has 13 heavy (non-hydrogen) atoms. The van der Waals surface area contributed by atoms with Gasteiger partial charge in [-0.1, -0.05) is 0 Å². The zero-order chi connectivity index (χ0) is 9.10. The fourth-order valence-electron chi connectivity index (χ4n) is 2.35. The zero-order valence-electron chi connectivity index (χ0n) is 7.91. The van der Waals surface area contributed by atoms with Crippen LogP contribution in [0.2, 0.25) is 0 Å². The average molecular weight is 180 g/mol. The number of hydrogen-bond donors (Lipinski definition) is 0. The van der Waals surface area contributed by atoms with E-state index in [0.717, 1.165) is 32.6 Å². The predicted molar refractivity (Wildman–Crippen MR) is 49.2 cm³/mol. The van der Waals surface area contributed by atoms with Gasteiger partial charge in [0.2, 0.25) is 0 Å². The molecule has 0 bridgehead atoms. The first-order valence-electron chi connectivity index (χ1n) is 5.15. The lowest BCUT2D eigenvalue weighted by Gasteiger charge is -2.32. The van der Waals surface area contributed by atoms with Crippen LogP contribution in [0.1, 0.15) is 25.7 Å². The molecule has 0 spiro atoms. The van der Waals surface area contributed by atoms with Crippen LogP contribution in [0.25, 0.3) is 0 Å². The van der Waals surface area contributed by atoms with Crippen LogP contribution in [0.3, 0.4) is 0 Å². The normalized spacial score (nSPS) is 35.9. The molecule has 2 saturated heterocycles. The van der Waals surface area contributed by atoms with Crippen LogP contribution in [0.4, 0.5) is 0 Å². The number of rotatable bonds is 1. The molecule has 2 atom stereocenters. The van der Waals surface area contributed by atoms with E-state index < -0.39 is 0 Å². The minimum atomic E-state index is 0.159. The van der Waals surface area contributed by atoms with Crippen LogP contribution >= 0.6 is 0 Å². The molecule has 0 saturated carbocycles. The molecule has 0 amide bonds. The lowest BCUT2D eigenvalue weighted by atomic mass is 10.1. The Morgan fingerprint density at radius 3 is 2.92 bits per heavy atom. The average Bonchev–Trinajstić information content (AvgIpc) is 2.67. The topological polar surface area (TPSA) is 36.3 Å². The lowest BCUT2D eigenvalue weighted by Crippen LogP contribution is -2.43. The van der Waals surface area contributed by atoms with E-state index in [0.29, 0.717) is 6.04 Å². The standard InChI is InChI=1S/C10H16N2O/c11-7-9-3-1-5-12(9)10-4-2-6-13-8-10/h9-10H,1-6,8H2. The highest BCUT2D eigenvalue weighted by atomic mass is 16.5. The van der Waals surface area contributed by atoms with Crippen molar-refractivity contribution in [1.82, 2.24) is 4.90 Å². The summed E-state index contributed by atoms with van der Waals surface area (Å²) in [5, 5.41) is 8.93. The van der Waals surface area contributed by atoms with Crippen LogP contribution in [0, 0.1) is 11.3 Å². The Morgan fingerprint density at radius 2 is 2.23 bits per heavy atom. The monoisotopic (exact) mass is 180 g/mol. The Morgan fingerprint density at radius 1 is 1.31 bits per heavy atom. The van der Waals surface area contributed by atoms with Gasteiger partial charge in [0.15, 0.2) is 0 Å². The molecule has 3 nitrogen and oxygen atoms in total. The summed E-state index contributed by atoms with van der Waals surface area (Å²) in [5.74, 6) is 0. The summed E-state index contributed by atoms with van der Waals surface area (Å²) < 4.78 is 5.44. The molecule has 2 unspecified atom stereocenters. The Labute approximate surface area is 79.3 Å². The summed E-state index contributed by atoms with van der Waals surface area (Å²) in [6.45, 7) is 2.83. The second-order valence-electron chi connectivity index (χ2n) is 3.90. The number of nitrogens with zero attached hydrogens (tertiary/aromatic N) is 2. The molecular weight excluding hydrogens is 164 g/mol. The first kappa shape index (κ1) is 8.98. The minimum absolute atomic E-state index is 0.159. The summed E-state index contributed by atoms with van der Waals surface area (Å²) in [5.41, 5.74) is 0. The van der Waals surface area contributed by atoms with Crippen LogP contribution in [0.15, 0.2) is 0 Å². The summed E-state index contributed by atoms with van der Waals surface area (Å²) in [4.78, 5) is 2.33. The van der Waals surface area contributed by atoms with Crippen LogP contribution in [-0.2, 0) is 4.74 Å². The van der Waals surface area contributed by atoms with E-state index in [1.54, 1.807) is 0 Å². The zero-order valence-corrected chi connectivity index (χ0v) is 7.91. The van der Waals surface area contributed by atoms with Crippen molar-refractivity contribution in [2.75, 3.05) is 19.8 Å². The largest absolute Gasteiger partial charge is 0.380 e. The molecule has 0 aromatic rings. The van der Waals surface area contributed by atoms with E-state index in [9.17, 15) is 0 Å². The third kappa shape index (κ3) is 1.84. The maximum absolute atomic E-state index is 8.93. The number of likely N-dealkylation sites (tertiary alicyclic amines) is 1. The van der Waals surface area contributed by atoms with Gasteiger partial charge in [-0.25, -0.2) is 0 Å². The van der Waals surface area contributed by atoms with Crippen LogP contribution in [-0.4, -0.2) is 36.7 Å². The van der Waals surface area contributed by atoms with Crippen LogP contribution in [0.5, 0.6) is 0 Å². The van der Waals surface area contributed by atoms with E-state index >= 15 is 0 Å². The van der Waals surface area contributed by atoms with Crippen LogP contribution < -0.4 is 0 Å². The van der Waals surface area contributed by atoms with E-state index in [2.05, 4.69) is 11.0 Å². The van der Waals surface area contributed by atoms with Gasteiger partial charge in [0.05, 0.1) is 18.7 Å². The van der Waals surface area contributed by atoms with Crippen molar-refractivity contribution in [3.8, 4) is 6.07 Å². The molecule has 2 aliphatic heterocycles. The highest BCUT2D eigenvalue weighted by Crippen LogP contribution is 2.23. The Balaban J connectivity index is 1.94. The van der Waals surface area contributed by atoms with E-state index in [4.69, 9.17) is 10.00 Å². The van der Waals surface area contributed by atoms with E-state index in [1.807, 2.05) is 0 Å². The fourth-order valence-corrected chi connectivity index (χ4v) is 2.35. The first-order chi connectivity index (χ1) is 6.42. The lowest BCUT2D eigenvalue weighted by molar-refractivity contribution is 0.0196. The molecular formula is C10H16N2O. The van der Waals surface area contributed by atoms with Gasteiger partial charge in [-0.05, 0) is 32.2 Å².